The van der Waals surface area contributed by atoms with E-state index < -0.39 is 0 Å². The Morgan fingerprint density at radius 2 is 1.74 bits per heavy atom. The number of para-hydroxylation sites is 3. The SMILES string of the molecule is CCc1ccccc1NC(=O)CSc1nc2ccccc2c(=O)n1-c1ccccc1Cl. The van der Waals surface area contributed by atoms with Gasteiger partial charge in [0.1, 0.15) is 0 Å². The quantitative estimate of drug-likeness (QED) is 0.319. The van der Waals surface area contributed by atoms with Gasteiger partial charge in [0.05, 0.1) is 27.4 Å². The van der Waals surface area contributed by atoms with Crippen LogP contribution in [0.5, 0.6) is 0 Å². The van der Waals surface area contributed by atoms with Crippen molar-refractivity contribution in [2.24, 2.45) is 0 Å². The molecule has 0 saturated carbocycles. The lowest BCUT2D eigenvalue weighted by atomic mass is 10.1. The number of carbonyl (C=O) groups is 1. The number of halogens is 1. The smallest absolute Gasteiger partial charge is 0.266 e. The van der Waals surface area contributed by atoms with E-state index in [0.717, 1.165) is 17.7 Å². The van der Waals surface area contributed by atoms with E-state index in [9.17, 15) is 9.59 Å². The maximum absolute atomic E-state index is 13.3. The van der Waals surface area contributed by atoms with Crippen LogP contribution in [0.15, 0.2) is 82.7 Å². The van der Waals surface area contributed by atoms with Crippen molar-refractivity contribution < 1.29 is 4.79 Å². The third-order valence-corrected chi connectivity index (χ3v) is 6.10. The molecule has 1 heterocycles. The zero-order valence-electron chi connectivity index (χ0n) is 16.8. The highest BCUT2D eigenvalue weighted by Crippen LogP contribution is 2.26. The van der Waals surface area contributed by atoms with Crippen LogP contribution in [0.4, 0.5) is 5.69 Å². The molecule has 156 valence electrons. The number of aromatic nitrogens is 2. The average Bonchev–Trinajstić information content (AvgIpc) is 2.79. The molecule has 0 bridgehead atoms. The number of thioether (sulfide) groups is 1. The van der Waals surface area contributed by atoms with Crippen LogP contribution in [0.1, 0.15) is 12.5 Å². The summed E-state index contributed by atoms with van der Waals surface area (Å²) in [5.74, 6) is -0.0631. The number of amides is 1. The maximum atomic E-state index is 13.3. The van der Waals surface area contributed by atoms with E-state index in [1.54, 1.807) is 36.4 Å². The van der Waals surface area contributed by atoms with Crippen LogP contribution < -0.4 is 10.9 Å². The van der Waals surface area contributed by atoms with Gasteiger partial charge in [-0.25, -0.2) is 4.98 Å². The predicted octanol–water partition coefficient (Wildman–Crippen LogP) is 5.33. The molecule has 0 saturated heterocycles. The summed E-state index contributed by atoms with van der Waals surface area (Å²) in [6.45, 7) is 2.04. The monoisotopic (exact) mass is 449 g/mol. The van der Waals surface area contributed by atoms with Crippen LogP contribution in [0, 0.1) is 0 Å². The van der Waals surface area contributed by atoms with Crippen molar-refractivity contribution in [3.63, 3.8) is 0 Å². The van der Waals surface area contributed by atoms with E-state index in [2.05, 4.69) is 10.3 Å². The number of aryl methyl sites for hydroxylation is 1. The van der Waals surface area contributed by atoms with E-state index in [4.69, 9.17) is 11.6 Å². The van der Waals surface area contributed by atoms with Gasteiger partial charge in [-0.2, -0.15) is 0 Å². The number of benzene rings is 3. The topological polar surface area (TPSA) is 64.0 Å². The molecule has 3 aromatic carbocycles. The molecule has 0 fully saturated rings. The highest BCUT2D eigenvalue weighted by atomic mass is 35.5. The minimum atomic E-state index is -0.224. The summed E-state index contributed by atoms with van der Waals surface area (Å²) in [5.41, 5.74) is 2.75. The van der Waals surface area contributed by atoms with E-state index in [0.29, 0.717) is 26.8 Å². The number of nitrogens with zero attached hydrogens (tertiary/aromatic N) is 2. The third kappa shape index (κ3) is 4.50. The molecular formula is C24H20ClN3O2S. The van der Waals surface area contributed by atoms with Gasteiger partial charge < -0.3 is 5.32 Å². The second kappa shape index (κ2) is 9.37. The summed E-state index contributed by atoms with van der Waals surface area (Å²) in [7, 11) is 0. The summed E-state index contributed by atoms with van der Waals surface area (Å²) < 4.78 is 1.47. The van der Waals surface area contributed by atoms with Crippen LogP contribution >= 0.6 is 23.4 Å². The molecule has 0 atom stereocenters. The number of carbonyl (C=O) groups excluding carboxylic acids is 1. The van der Waals surface area contributed by atoms with Crippen molar-refractivity contribution in [1.82, 2.24) is 9.55 Å². The van der Waals surface area contributed by atoms with Crippen LogP contribution in [-0.4, -0.2) is 21.2 Å². The molecule has 4 aromatic rings. The first-order chi connectivity index (χ1) is 15.1. The van der Waals surface area contributed by atoms with Gasteiger partial charge in [-0.15, -0.1) is 0 Å². The third-order valence-electron chi connectivity index (χ3n) is 4.84. The highest BCUT2D eigenvalue weighted by Gasteiger charge is 2.16. The molecule has 1 aromatic heterocycles. The van der Waals surface area contributed by atoms with Gasteiger partial charge in [-0.05, 0) is 42.3 Å². The molecule has 0 spiro atoms. The molecule has 0 unspecified atom stereocenters. The number of fused-ring (bicyclic) bond motifs is 1. The van der Waals surface area contributed by atoms with Gasteiger partial charge in [-0.1, -0.05) is 72.8 Å². The Morgan fingerprint density at radius 3 is 2.55 bits per heavy atom. The van der Waals surface area contributed by atoms with Gasteiger partial charge in [-0.3, -0.25) is 14.2 Å². The number of rotatable bonds is 6. The van der Waals surface area contributed by atoms with E-state index in [1.165, 1.54) is 16.3 Å². The van der Waals surface area contributed by atoms with Crippen LogP contribution in [0.3, 0.4) is 0 Å². The standard InChI is InChI=1S/C24H20ClN3O2S/c1-2-16-9-3-6-12-19(16)26-22(29)15-31-24-27-20-13-7-4-10-17(20)23(30)28(24)21-14-8-5-11-18(21)25/h3-14H,2,15H2,1H3,(H,26,29). The Kier molecular flexibility index (Phi) is 6.39. The molecule has 4 rings (SSSR count). The highest BCUT2D eigenvalue weighted by molar-refractivity contribution is 7.99. The zero-order chi connectivity index (χ0) is 21.8. The van der Waals surface area contributed by atoms with E-state index >= 15 is 0 Å². The Morgan fingerprint density at radius 1 is 1.03 bits per heavy atom. The lowest BCUT2D eigenvalue weighted by molar-refractivity contribution is -0.113. The predicted molar refractivity (Wildman–Crippen MR) is 128 cm³/mol. The first-order valence-electron chi connectivity index (χ1n) is 9.85. The molecule has 1 amide bonds. The minimum absolute atomic E-state index is 0.104. The van der Waals surface area contributed by atoms with Crippen molar-refractivity contribution in [3.05, 3.63) is 93.7 Å². The van der Waals surface area contributed by atoms with Crippen molar-refractivity contribution in [3.8, 4) is 5.69 Å². The Bertz CT molecular complexity index is 1320. The fraction of sp³-hybridized carbons (Fsp3) is 0.125. The molecular weight excluding hydrogens is 430 g/mol. The largest absolute Gasteiger partial charge is 0.325 e. The molecule has 31 heavy (non-hydrogen) atoms. The number of hydrogen-bond donors (Lipinski definition) is 1. The number of hydrogen-bond acceptors (Lipinski definition) is 4. The van der Waals surface area contributed by atoms with E-state index in [-0.39, 0.29) is 17.2 Å². The first-order valence-corrected chi connectivity index (χ1v) is 11.2. The van der Waals surface area contributed by atoms with Crippen molar-refractivity contribution in [1.29, 1.82) is 0 Å². The first kappa shape index (κ1) is 21.2. The molecule has 7 heteroatoms. The second-order valence-electron chi connectivity index (χ2n) is 6.85. The summed E-state index contributed by atoms with van der Waals surface area (Å²) in [5, 5.41) is 4.29. The van der Waals surface area contributed by atoms with Gasteiger partial charge in [0, 0.05) is 5.69 Å². The Balaban J connectivity index is 1.68. The summed E-state index contributed by atoms with van der Waals surface area (Å²) >= 11 is 7.58. The van der Waals surface area contributed by atoms with Crippen molar-refractivity contribution in [2.45, 2.75) is 18.5 Å². The van der Waals surface area contributed by atoms with Gasteiger partial charge in [0.2, 0.25) is 5.91 Å². The van der Waals surface area contributed by atoms with Crippen LogP contribution in [0.2, 0.25) is 5.02 Å². The second-order valence-corrected chi connectivity index (χ2v) is 8.20. The van der Waals surface area contributed by atoms with Crippen LogP contribution in [-0.2, 0) is 11.2 Å². The lowest BCUT2D eigenvalue weighted by Gasteiger charge is -2.14. The minimum Gasteiger partial charge on any atom is -0.325 e. The normalized spacial score (nSPS) is 10.9. The molecule has 0 aliphatic rings. The molecule has 0 aliphatic carbocycles. The Hall–Kier alpha value is -3.09. The van der Waals surface area contributed by atoms with Crippen molar-refractivity contribution in [2.75, 3.05) is 11.1 Å². The fourth-order valence-corrected chi connectivity index (χ4v) is 4.35. The summed E-state index contributed by atoms with van der Waals surface area (Å²) in [6.07, 6.45) is 0.821. The summed E-state index contributed by atoms with van der Waals surface area (Å²) in [4.78, 5) is 30.6. The maximum Gasteiger partial charge on any atom is 0.266 e. The Labute approximate surface area is 189 Å². The molecule has 0 radical (unpaired) electrons. The molecule has 0 aliphatic heterocycles. The van der Waals surface area contributed by atoms with E-state index in [1.807, 2.05) is 43.3 Å². The van der Waals surface area contributed by atoms with Gasteiger partial charge >= 0.3 is 0 Å². The fourth-order valence-electron chi connectivity index (χ4n) is 3.32. The summed E-state index contributed by atoms with van der Waals surface area (Å²) in [6, 6.07) is 22.0. The molecule has 1 N–H and O–H groups in total. The molecule has 5 nitrogen and oxygen atoms in total. The number of nitrogens with one attached hydrogen (secondary N) is 1. The van der Waals surface area contributed by atoms with Gasteiger partial charge in [0.25, 0.3) is 5.56 Å². The van der Waals surface area contributed by atoms with Crippen molar-refractivity contribution >= 4 is 45.9 Å². The zero-order valence-corrected chi connectivity index (χ0v) is 18.4. The average molecular weight is 450 g/mol. The van der Waals surface area contributed by atoms with Gasteiger partial charge in [0.15, 0.2) is 5.16 Å². The number of anilines is 1. The lowest BCUT2D eigenvalue weighted by Crippen LogP contribution is -2.23. The van der Waals surface area contributed by atoms with Crippen LogP contribution in [0.25, 0.3) is 16.6 Å².